The molecule has 0 amide bonds. The van der Waals surface area contributed by atoms with E-state index in [-0.39, 0.29) is 12.2 Å². The van der Waals surface area contributed by atoms with Gasteiger partial charge in [-0.2, -0.15) is 13.2 Å². The molecule has 102 valence electrons. The molecule has 0 saturated heterocycles. The van der Waals surface area contributed by atoms with Crippen LogP contribution in [-0.4, -0.2) is 17.3 Å². The van der Waals surface area contributed by atoms with Crippen molar-refractivity contribution in [2.24, 2.45) is 0 Å². The van der Waals surface area contributed by atoms with Crippen molar-refractivity contribution in [3.63, 3.8) is 0 Å². The zero-order valence-electron chi connectivity index (χ0n) is 10.1. The van der Waals surface area contributed by atoms with Gasteiger partial charge in [0.2, 0.25) is 0 Å². The van der Waals surface area contributed by atoms with Crippen LogP contribution in [0.25, 0.3) is 0 Å². The monoisotopic (exact) mass is 325 g/mol. The Morgan fingerprint density at radius 3 is 2.44 bits per heavy atom. The lowest BCUT2D eigenvalue weighted by Gasteiger charge is -2.23. The van der Waals surface area contributed by atoms with Gasteiger partial charge >= 0.3 is 6.18 Å². The van der Waals surface area contributed by atoms with Crippen LogP contribution in [0.2, 0.25) is 0 Å². The second-order valence-electron chi connectivity index (χ2n) is 4.39. The number of aliphatic hydroxyl groups is 1. The van der Waals surface area contributed by atoms with Crippen molar-refractivity contribution in [1.82, 2.24) is 0 Å². The second kappa shape index (κ2) is 5.48. The van der Waals surface area contributed by atoms with Crippen molar-refractivity contribution in [2.75, 3.05) is 11.9 Å². The Kier molecular flexibility index (Phi) is 4.66. The van der Waals surface area contributed by atoms with Crippen LogP contribution in [0.1, 0.15) is 25.8 Å². The molecule has 0 saturated carbocycles. The van der Waals surface area contributed by atoms with E-state index in [0.29, 0.717) is 10.9 Å². The minimum absolute atomic E-state index is 0.0283. The van der Waals surface area contributed by atoms with Gasteiger partial charge in [0.05, 0.1) is 11.2 Å². The predicted octanol–water partition coefficient (Wildman–Crippen LogP) is 4.04. The molecule has 1 unspecified atom stereocenters. The van der Waals surface area contributed by atoms with Gasteiger partial charge in [-0.15, -0.1) is 0 Å². The van der Waals surface area contributed by atoms with Crippen molar-refractivity contribution in [2.45, 2.75) is 32.0 Å². The summed E-state index contributed by atoms with van der Waals surface area (Å²) in [7, 11) is 0. The maximum Gasteiger partial charge on any atom is 0.418 e. The summed E-state index contributed by atoms with van der Waals surface area (Å²) in [4.78, 5) is 0. The molecule has 2 nitrogen and oxygen atoms in total. The van der Waals surface area contributed by atoms with E-state index in [1.54, 1.807) is 13.8 Å². The number of halogens is 4. The molecule has 1 rings (SSSR count). The molecule has 0 aliphatic heterocycles. The predicted molar refractivity (Wildman–Crippen MR) is 68.5 cm³/mol. The maximum atomic E-state index is 12.8. The first-order valence-corrected chi connectivity index (χ1v) is 6.28. The largest absolute Gasteiger partial charge is 0.418 e. The molecule has 0 heterocycles. The molecule has 2 N–H and O–H groups in total. The lowest BCUT2D eigenvalue weighted by Crippen LogP contribution is -2.33. The smallest absolute Gasteiger partial charge is 0.388 e. The molecule has 0 aliphatic rings. The first kappa shape index (κ1) is 15.3. The van der Waals surface area contributed by atoms with Crippen molar-refractivity contribution < 1.29 is 18.3 Å². The number of hydrogen-bond acceptors (Lipinski definition) is 2. The third kappa shape index (κ3) is 4.17. The van der Waals surface area contributed by atoms with Gasteiger partial charge in [-0.1, -0.05) is 22.9 Å². The Morgan fingerprint density at radius 1 is 1.33 bits per heavy atom. The average molecular weight is 326 g/mol. The minimum Gasteiger partial charge on any atom is -0.388 e. The molecule has 0 aromatic heterocycles. The molecule has 18 heavy (non-hydrogen) atoms. The molecule has 0 fully saturated rings. The van der Waals surface area contributed by atoms with Crippen molar-refractivity contribution in [1.29, 1.82) is 0 Å². The van der Waals surface area contributed by atoms with Crippen LogP contribution in [0.15, 0.2) is 22.7 Å². The highest BCUT2D eigenvalue weighted by atomic mass is 79.9. The summed E-state index contributed by atoms with van der Waals surface area (Å²) in [6.07, 6.45) is -3.97. The summed E-state index contributed by atoms with van der Waals surface area (Å²) in [5.41, 5.74) is -1.81. The number of rotatable bonds is 4. The number of nitrogens with one attached hydrogen (secondary N) is 1. The van der Waals surface area contributed by atoms with Gasteiger partial charge in [-0.3, -0.25) is 0 Å². The van der Waals surface area contributed by atoms with E-state index in [0.717, 1.165) is 6.07 Å². The van der Waals surface area contributed by atoms with Gasteiger partial charge in [0.25, 0.3) is 0 Å². The molecule has 6 heteroatoms. The van der Waals surface area contributed by atoms with Crippen LogP contribution in [0.5, 0.6) is 0 Å². The highest BCUT2D eigenvalue weighted by Crippen LogP contribution is 2.36. The third-order valence-corrected chi connectivity index (χ3v) is 3.20. The standard InChI is InChI=1S/C12H15BrF3NO/c1-3-11(2,18)7-17-10-5-4-8(13)6-9(10)12(14,15)16/h4-6,17-18H,3,7H2,1-2H3. The van der Waals surface area contributed by atoms with Crippen molar-refractivity contribution in [3.8, 4) is 0 Å². The molecule has 1 aromatic carbocycles. The van der Waals surface area contributed by atoms with E-state index < -0.39 is 17.3 Å². The molecule has 0 aliphatic carbocycles. The lowest BCUT2D eigenvalue weighted by atomic mass is 10.0. The van der Waals surface area contributed by atoms with Crippen LogP contribution in [0.3, 0.4) is 0 Å². The Morgan fingerprint density at radius 2 is 1.94 bits per heavy atom. The zero-order valence-corrected chi connectivity index (χ0v) is 11.7. The Labute approximate surface area is 112 Å². The van der Waals surface area contributed by atoms with Gasteiger partial charge in [0, 0.05) is 16.7 Å². The van der Waals surface area contributed by atoms with Crippen LogP contribution in [0.4, 0.5) is 18.9 Å². The third-order valence-electron chi connectivity index (χ3n) is 2.71. The first-order valence-electron chi connectivity index (χ1n) is 5.49. The van der Waals surface area contributed by atoms with E-state index in [1.165, 1.54) is 12.1 Å². The first-order chi connectivity index (χ1) is 8.15. The topological polar surface area (TPSA) is 32.3 Å². The number of hydrogen-bond donors (Lipinski definition) is 2. The fourth-order valence-electron chi connectivity index (χ4n) is 1.32. The van der Waals surface area contributed by atoms with Gasteiger partial charge in [0.15, 0.2) is 0 Å². The highest BCUT2D eigenvalue weighted by Gasteiger charge is 2.34. The maximum absolute atomic E-state index is 12.8. The Bertz CT molecular complexity index is 418. The Balaban J connectivity index is 2.96. The van der Waals surface area contributed by atoms with Gasteiger partial charge < -0.3 is 10.4 Å². The summed E-state index contributed by atoms with van der Waals surface area (Å²) in [6.45, 7) is 3.41. The molecule has 1 atom stereocenters. The van der Waals surface area contributed by atoms with Crippen LogP contribution in [0, 0.1) is 0 Å². The van der Waals surface area contributed by atoms with Crippen LogP contribution >= 0.6 is 15.9 Å². The minimum atomic E-state index is -4.43. The molecular weight excluding hydrogens is 311 g/mol. The molecule has 0 spiro atoms. The summed E-state index contributed by atoms with van der Waals surface area (Å²) >= 11 is 3.02. The SMILES string of the molecule is CCC(C)(O)CNc1ccc(Br)cc1C(F)(F)F. The van der Waals surface area contributed by atoms with Gasteiger partial charge in [0.1, 0.15) is 0 Å². The Hall–Kier alpha value is -0.750. The molecule has 0 bridgehead atoms. The fourth-order valence-corrected chi connectivity index (χ4v) is 1.68. The van der Waals surface area contributed by atoms with Crippen molar-refractivity contribution in [3.05, 3.63) is 28.2 Å². The van der Waals surface area contributed by atoms with Gasteiger partial charge in [-0.05, 0) is 31.5 Å². The fraction of sp³-hybridized carbons (Fsp3) is 0.500. The average Bonchev–Trinajstić information content (AvgIpc) is 2.26. The summed E-state index contributed by atoms with van der Waals surface area (Å²) < 4.78 is 38.8. The quantitative estimate of drug-likeness (QED) is 0.875. The zero-order chi connectivity index (χ0) is 14.0. The van der Waals surface area contributed by atoms with E-state index in [1.807, 2.05) is 0 Å². The normalized spacial score (nSPS) is 15.3. The number of anilines is 1. The molecule has 1 aromatic rings. The van der Waals surface area contributed by atoms with Crippen LogP contribution < -0.4 is 5.32 Å². The van der Waals surface area contributed by atoms with E-state index in [2.05, 4.69) is 21.2 Å². The van der Waals surface area contributed by atoms with Crippen LogP contribution in [-0.2, 0) is 6.18 Å². The lowest BCUT2D eigenvalue weighted by molar-refractivity contribution is -0.137. The van der Waals surface area contributed by atoms with E-state index in [9.17, 15) is 18.3 Å². The summed E-state index contributed by atoms with van der Waals surface area (Å²) in [5.74, 6) is 0. The summed E-state index contributed by atoms with van der Waals surface area (Å²) in [5, 5.41) is 12.4. The summed E-state index contributed by atoms with van der Waals surface area (Å²) in [6, 6.07) is 3.89. The number of alkyl halides is 3. The highest BCUT2D eigenvalue weighted by molar-refractivity contribution is 9.10. The second-order valence-corrected chi connectivity index (χ2v) is 5.31. The number of benzene rings is 1. The molecular formula is C12H15BrF3NO. The van der Waals surface area contributed by atoms with E-state index in [4.69, 9.17) is 0 Å². The van der Waals surface area contributed by atoms with Crippen molar-refractivity contribution >= 4 is 21.6 Å². The van der Waals surface area contributed by atoms with E-state index >= 15 is 0 Å². The molecule has 0 radical (unpaired) electrons. The van der Waals surface area contributed by atoms with Gasteiger partial charge in [-0.25, -0.2) is 0 Å².